The molecule has 0 aromatic carbocycles. The maximum absolute atomic E-state index is 6.20. The number of ether oxygens (including phenoxy) is 1. The minimum atomic E-state index is 0.250. The fourth-order valence-electron chi connectivity index (χ4n) is 2.75. The Hall–Kier alpha value is -0.800. The van der Waals surface area contributed by atoms with Crippen LogP contribution in [0.1, 0.15) is 44.2 Å². The van der Waals surface area contributed by atoms with Crippen molar-refractivity contribution in [3.8, 4) is 0 Å². The predicted octanol–water partition coefficient (Wildman–Crippen LogP) is 2.47. The number of hydrogen-bond donors (Lipinski definition) is 1. The second-order valence-corrected chi connectivity index (χ2v) is 5.65. The zero-order chi connectivity index (χ0) is 11.8. The largest absolute Gasteiger partial charge is 0.373 e. The molecule has 2 fully saturated rings. The molecule has 2 heterocycles. The fraction of sp³-hybridized carbons (Fsp3) is 0.714. The van der Waals surface area contributed by atoms with Gasteiger partial charge in [-0.3, -0.25) is 0 Å². The van der Waals surface area contributed by atoms with Crippen LogP contribution < -0.4 is 5.73 Å². The lowest BCUT2D eigenvalue weighted by molar-refractivity contribution is 0.0458. The second kappa shape index (κ2) is 4.46. The summed E-state index contributed by atoms with van der Waals surface area (Å²) in [5, 5.41) is 0. The Kier molecular flexibility index (Phi) is 2.97. The van der Waals surface area contributed by atoms with E-state index in [1.165, 1.54) is 31.2 Å². The smallest absolute Gasteiger partial charge is 0.0758 e. The van der Waals surface area contributed by atoms with Crippen molar-refractivity contribution in [2.75, 3.05) is 0 Å². The molecule has 1 saturated heterocycles. The number of rotatable bonds is 4. The Bertz CT molecular complexity index is 383. The van der Waals surface area contributed by atoms with E-state index >= 15 is 0 Å². The van der Waals surface area contributed by atoms with Gasteiger partial charge in [0.2, 0.25) is 0 Å². The molecule has 3 nitrogen and oxygen atoms in total. The Morgan fingerprint density at radius 1 is 1.41 bits per heavy atom. The van der Waals surface area contributed by atoms with E-state index in [1.54, 1.807) is 0 Å². The molecule has 2 N–H and O–H groups in total. The monoisotopic (exact) mass is 234 g/mol. The summed E-state index contributed by atoms with van der Waals surface area (Å²) in [4.78, 5) is 0. The maximum atomic E-state index is 6.20. The van der Waals surface area contributed by atoms with E-state index in [0.717, 1.165) is 12.5 Å². The van der Waals surface area contributed by atoms with E-state index < -0.39 is 0 Å². The molecule has 1 aliphatic heterocycles. The average molecular weight is 234 g/mol. The lowest BCUT2D eigenvalue weighted by Gasteiger charge is -2.12. The van der Waals surface area contributed by atoms with Crippen LogP contribution in [0, 0.1) is 5.92 Å². The molecule has 1 saturated carbocycles. The van der Waals surface area contributed by atoms with Crippen molar-refractivity contribution in [2.45, 2.75) is 57.4 Å². The molecule has 1 aromatic heterocycles. The summed E-state index contributed by atoms with van der Waals surface area (Å²) >= 11 is 0. The Labute approximate surface area is 103 Å². The van der Waals surface area contributed by atoms with Crippen molar-refractivity contribution in [3.05, 3.63) is 24.0 Å². The molecule has 0 amide bonds. The van der Waals surface area contributed by atoms with Crippen molar-refractivity contribution in [2.24, 2.45) is 11.7 Å². The second-order valence-electron chi connectivity index (χ2n) is 5.65. The van der Waals surface area contributed by atoms with Gasteiger partial charge in [0.25, 0.3) is 0 Å². The Morgan fingerprint density at radius 3 is 2.88 bits per heavy atom. The van der Waals surface area contributed by atoms with Crippen LogP contribution in [0.4, 0.5) is 0 Å². The van der Waals surface area contributed by atoms with Gasteiger partial charge in [0.15, 0.2) is 0 Å². The zero-order valence-electron chi connectivity index (χ0n) is 10.5. The lowest BCUT2D eigenvalue weighted by atomic mass is 10.1. The van der Waals surface area contributed by atoms with E-state index in [9.17, 15) is 0 Å². The lowest BCUT2D eigenvalue weighted by Crippen LogP contribution is -2.16. The van der Waals surface area contributed by atoms with Crippen molar-refractivity contribution >= 4 is 0 Å². The highest BCUT2D eigenvalue weighted by Gasteiger charge is 2.30. The van der Waals surface area contributed by atoms with Crippen LogP contribution in [-0.2, 0) is 11.3 Å². The molecule has 3 rings (SSSR count). The molecule has 3 heteroatoms. The fourth-order valence-corrected chi connectivity index (χ4v) is 2.75. The van der Waals surface area contributed by atoms with E-state index in [4.69, 9.17) is 10.5 Å². The molecule has 0 bridgehead atoms. The standard InChI is InChI=1S/C14H22N2O/c1-10-2-5-13(17-10)9-16-7-6-12(8-16)14(15)11-3-4-11/h6-8,10-11,13-14H,2-5,9,15H2,1H3. The minimum Gasteiger partial charge on any atom is -0.373 e. The molecule has 1 aromatic rings. The van der Waals surface area contributed by atoms with Crippen molar-refractivity contribution < 1.29 is 4.74 Å². The van der Waals surface area contributed by atoms with Crippen LogP contribution in [0.3, 0.4) is 0 Å². The SMILES string of the molecule is CC1CCC(Cn2ccc(C(N)C3CC3)c2)O1. The molecule has 0 spiro atoms. The van der Waals surface area contributed by atoms with Gasteiger partial charge in [-0.25, -0.2) is 0 Å². The molecule has 94 valence electrons. The zero-order valence-corrected chi connectivity index (χ0v) is 10.5. The molecule has 1 aliphatic carbocycles. The van der Waals surface area contributed by atoms with Crippen LogP contribution >= 0.6 is 0 Å². The van der Waals surface area contributed by atoms with Gasteiger partial charge in [0, 0.05) is 25.0 Å². The third-order valence-corrected chi connectivity index (χ3v) is 4.02. The van der Waals surface area contributed by atoms with Gasteiger partial charge in [0.1, 0.15) is 0 Å². The molecule has 0 radical (unpaired) electrons. The Morgan fingerprint density at radius 2 is 2.24 bits per heavy atom. The van der Waals surface area contributed by atoms with Gasteiger partial charge in [0.05, 0.1) is 12.2 Å². The average Bonchev–Trinajstić information content (AvgIpc) is 2.93. The normalized spacial score (nSPS) is 30.7. The first-order chi connectivity index (χ1) is 8.22. The summed E-state index contributed by atoms with van der Waals surface area (Å²) < 4.78 is 8.08. The first-order valence-corrected chi connectivity index (χ1v) is 6.79. The quantitative estimate of drug-likeness (QED) is 0.869. The highest BCUT2D eigenvalue weighted by Crippen LogP contribution is 2.39. The van der Waals surface area contributed by atoms with E-state index in [-0.39, 0.29) is 6.04 Å². The van der Waals surface area contributed by atoms with Gasteiger partial charge in [-0.05, 0) is 50.2 Å². The summed E-state index contributed by atoms with van der Waals surface area (Å²) in [7, 11) is 0. The molecular formula is C14H22N2O. The Balaban J connectivity index is 1.60. The van der Waals surface area contributed by atoms with Crippen molar-refractivity contribution in [3.63, 3.8) is 0 Å². The third-order valence-electron chi connectivity index (χ3n) is 4.02. The van der Waals surface area contributed by atoms with Gasteiger partial charge in [-0.15, -0.1) is 0 Å². The van der Waals surface area contributed by atoms with Gasteiger partial charge >= 0.3 is 0 Å². The predicted molar refractivity (Wildman–Crippen MR) is 67.7 cm³/mol. The molecule has 2 aliphatic rings. The van der Waals surface area contributed by atoms with E-state index in [1.807, 2.05) is 0 Å². The van der Waals surface area contributed by atoms with Gasteiger partial charge in [-0.1, -0.05) is 0 Å². The van der Waals surface area contributed by atoms with Gasteiger partial charge < -0.3 is 15.0 Å². The van der Waals surface area contributed by atoms with Crippen LogP contribution in [0.5, 0.6) is 0 Å². The highest BCUT2D eigenvalue weighted by atomic mass is 16.5. The summed E-state index contributed by atoms with van der Waals surface area (Å²) in [5.41, 5.74) is 7.49. The van der Waals surface area contributed by atoms with E-state index in [2.05, 4.69) is 30.0 Å². The van der Waals surface area contributed by atoms with E-state index in [0.29, 0.717) is 12.2 Å². The van der Waals surface area contributed by atoms with Crippen LogP contribution in [0.15, 0.2) is 18.5 Å². The summed E-state index contributed by atoms with van der Waals surface area (Å²) in [5.74, 6) is 0.730. The topological polar surface area (TPSA) is 40.2 Å². The minimum absolute atomic E-state index is 0.250. The molecule has 3 unspecified atom stereocenters. The summed E-state index contributed by atoms with van der Waals surface area (Å²) in [6, 6.07) is 2.42. The first-order valence-electron chi connectivity index (χ1n) is 6.79. The maximum Gasteiger partial charge on any atom is 0.0758 e. The number of aromatic nitrogens is 1. The molecule has 17 heavy (non-hydrogen) atoms. The van der Waals surface area contributed by atoms with Crippen molar-refractivity contribution in [1.29, 1.82) is 0 Å². The summed E-state index contributed by atoms with van der Waals surface area (Å²) in [6.07, 6.45) is 10.2. The first kappa shape index (κ1) is 11.3. The number of nitrogens with two attached hydrogens (primary N) is 1. The summed E-state index contributed by atoms with van der Waals surface area (Å²) in [6.45, 7) is 3.13. The third kappa shape index (κ3) is 2.55. The van der Waals surface area contributed by atoms with Crippen LogP contribution in [0.25, 0.3) is 0 Å². The number of hydrogen-bond acceptors (Lipinski definition) is 2. The van der Waals surface area contributed by atoms with Crippen molar-refractivity contribution in [1.82, 2.24) is 4.57 Å². The molecular weight excluding hydrogens is 212 g/mol. The number of nitrogens with zero attached hydrogens (tertiary/aromatic N) is 1. The molecule has 3 atom stereocenters. The van der Waals surface area contributed by atoms with Crippen LogP contribution in [-0.4, -0.2) is 16.8 Å². The highest BCUT2D eigenvalue weighted by molar-refractivity contribution is 5.17. The van der Waals surface area contributed by atoms with Gasteiger partial charge in [-0.2, -0.15) is 0 Å². The van der Waals surface area contributed by atoms with Crippen LogP contribution in [0.2, 0.25) is 0 Å².